The molecule has 1 saturated carbocycles. The molecule has 0 spiro atoms. The first-order valence-corrected chi connectivity index (χ1v) is 7.49. The maximum atomic E-state index is 12.5. The Balaban J connectivity index is 1.78. The van der Waals surface area contributed by atoms with Crippen LogP contribution in [0, 0.1) is 0 Å². The number of ether oxygens (including phenoxy) is 1. The molecule has 108 valence electrons. The predicted molar refractivity (Wildman–Crippen MR) is 78.9 cm³/mol. The molecule has 0 aromatic heterocycles. The second-order valence-electron chi connectivity index (χ2n) is 5.65. The van der Waals surface area contributed by atoms with Crippen molar-refractivity contribution in [3.63, 3.8) is 0 Å². The molecule has 1 aliphatic carbocycles. The molecule has 0 saturated heterocycles. The quantitative estimate of drug-likeness (QED) is 0.899. The first-order valence-electron chi connectivity index (χ1n) is 7.49. The number of methoxy groups -OCH3 is 1. The first kappa shape index (κ1) is 13.4. The van der Waals surface area contributed by atoms with Gasteiger partial charge in [-0.25, -0.2) is 4.79 Å². The second kappa shape index (κ2) is 5.83. The van der Waals surface area contributed by atoms with Crippen LogP contribution in [0.3, 0.4) is 0 Å². The van der Waals surface area contributed by atoms with Crippen molar-refractivity contribution in [3.05, 3.63) is 29.8 Å². The van der Waals surface area contributed by atoms with Crippen LogP contribution in [0.15, 0.2) is 24.3 Å². The van der Waals surface area contributed by atoms with Crippen LogP contribution in [0.4, 0.5) is 10.5 Å². The number of hydrogen-bond donors (Lipinski definition) is 1. The number of anilines is 1. The zero-order valence-corrected chi connectivity index (χ0v) is 12.0. The largest absolute Gasteiger partial charge is 0.377 e. The SMILES string of the molecule is COC1CCN(C(=O)NC2CCCC2)c2ccccc21. The molecule has 0 radical (unpaired) electrons. The fraction of sp³-hybridized carbons (Fsp3) is 0.562. The van der Waals surface area contributed by atoms with Crippen LogP contribution in [0.25, 0.3) is 0 Å². The van der Waals surface area contributed by atoms with Gasteiger partial charge >= 0.3 is 6.03 Å². The molecule has 1 unspecified atom stereocenters. The van der Waals surface area contributed by atoms with E-state index in [0.717, 1.165) is 30.5 Å². The maximum absolute atomic E-state index is 12.5. The molecule has 4 nitrogen and oxygen atoms in total. The lowest BCUT2D eigenvalue weighted by Crippen LogP contribution is -2.46. The molecule has 4 heteroatoms. The minimum absolute atomic E-state index is 0.0407. The van der Waals surface area contributed by atoms with Crippen LogP contribution in [-0.4, -0.2) is 25.7 Å². The lowest BCUT2D eigenvalue weighted by molar-refractivity contribution is 0.0941. The Labute approximate surface area is 120 Å². The molecule has 0 bridgehead atoms. The van der Waals surface area contributed by atoms with E-state index < -0.39 is 0 Å². The summed E-state index contributed by atoms with van der Waals surface area (Å²) in [4.78, 5) is 14.4. The Bertz CT molecular complexity index is 483. The normalized spacial score (nSPS) is 22.6. The van der Waals surface area contributed by atoms with Gasteiger partial charge in [0.2, 0.25) is 0 Å². The summed E-state index contributed by atoms with van der Waals surface area (Å²) in [6.07, 6.45) is 5.64. The highest BCUT2D eigenvalue weighted by Crippen LogP contribution is 2.35. The minimum Gasteiger partial charge on any atom is -0.377 e. The lowest BCUT2D eigenvalue weighted by atomic mass is 9.99. The molecule has 1 N–H and O–H groups in total. The van der Waals surface area contributed by atoms with Crippen LogP contribution < -0.4 is 10.2 Å². The molecule has 2 amide bonds. The maximum Gasteiger partial charge on any atom is 0.322 e. The Kier molecular flexibility index (Phi) is 3.92. The molecule has 1 aliphatic heterocycles. The second-order valence-corrected chi connectivity index (χ2v) is 5.65. The topological polar surface area (TPSA) is 41.6 Å². The number of urea groups is 1. The molecular weight excluding hydrogens is 252 g/mol. The number of para-hydroxylation sites is 1. The summed E-state index contributed by atoms with van der Waals surface area (Å²) in [7, 11) is 1.73. The van der Waals surface area contributed by atoms with Crippen molar-refractivity contribution >= 4 is 11.7 Å². The Morgan fingerprint density at radius 2 is 2.00 bits per heavy atom. The number of carbonyl (C=O) groups is 1. The standard InChI is InChI=1S/C16H22N2O2/c1-20-15-10-11-18(14-9-5-4-8-13(14)15)16(19)17-12-6-2-3-7-12/h4-5,8-9,12,15H,2-3,6-7,10-11H2,1H3,(H,17,19). The minimum atomic E-state index is 0.0407. The van der Waals surface area contributed by atoms with Crippen molar-refractivity contribution in [2.24, 2.45) is 0 Å². The summed E-state index contributed by atoms with van der Waals surface area (Å²) in [5, 5.41) is 3.17. The first-order chi connectivity index (χ1) is 9.79. The van der Waals surface area contributed by atoms with Gasteiger partial charge in [-0.1, -0.05) is 31.0 Å². The number of benzene rings is 1. The van der Waals surface area contributed by atoms with Crippen molar-refractivity contribution < 1.29 is 9.53 Å². The van der Waals surface area contributed by atoms with E-state index in [1.54, 1.807) is 7.11 Å². The Morgan fingerprint density at radius 3 is 2.75 bits per heavy atom. The molecule has 20 heavy (non-hydrogen) atoms. The highest BCUT2D eigenvalue weighted by Gasteiger charge is 2.29. The zero-order valence-electron chi connectivity index (χ0n) is 12.0. The van der Waals surface area contributed by atoms with E-state index in [4.69, 9.17) is 4.74 Å². The van der Waals surface area contributed by atoms with E-state index in [2.05, 4.69) is 11.4 Å². The summed E-state index contributed by atoms with van der Waals surface area (Å²) >= 11 is 0. The van der Waals surface area contributed by atoms with Crippen molar-refractivity contribution in [3.8, 4) is 0 Å². The molecular formula is C16H22N2O2. The van der Waals surface area contributed by atoms with Crippen LogP contribution >= 0.6 is 0 Å². The van der Waals surface area contributed by atoms with Crippen molar-refractivity contribution in [1.82, 2.24) is 5.32 Å². The average molecular weight is 274 g/mol. The zero-order chi connectivity index (χ0) is 13.9. The highest BCUT2D eigenvalue weighted by atomic mass is 16.5. The third-order valence-electron chi connectivity index (χ3n) is 4.40. The predicted octanol–water partition coefficient (Wildman–Crippen LogP) is 3.24. The van der Waals surface area contributed by atoms with Gasteiger partial charge in [0.15, 0.2) is 0 Å². The van der Waals surface area contributed by atoms with Gasteiger partial charge < -0.3 is 10.1 Å². The number of carbonyl (C=O) groups excluding carboxylic acids is 1. The van der Waals surface area contributed by atoms with Gasteiger partial charge in [0.05, 0.1) is 11.8 Å². The molecule has 2 aliphatic rings. The van der Waals surface area contributed by atoms with Gasteiger partial charge in [0.1, 0.15) is 0 Å². The van der Waals surface area contributed by atoms with Crippen LogP contribution in [0.1, 0.15) is 43.8 Å². The Morgan fingerprint density at radius 1 is 1.25 bits per heavy atom. The van der Waals surface area contributed by atoms with Gasteiger partial charge in [0, 0.05) is 25.3 Å². The summed E-state index contributed by atoms with van der Waals surface area (Å²) in [6, 6.07) is 8.44. The average Bonchev–Trinajstić information content (AvgIpc) is 2.99. The van der Waals surface area contributed by atoms with Crippen LogP contribution in [-0.2, 0) is 4.74 Å². The monoisotopic (exact) mass is 274 g/mol. The smallest absolute Gasteiger partial charge is 0.322 e. The number of rotatable bonds is 2. The number of fused-ring (bicyclic) bond motifs is 1. The number of hydrogen-bond acceptors (Lipinski definition) is 2. The van der Waals surface area contributed by atoms with Crippen molar-refractivity contribution in [1.29, 1.82) is 0 Å². The fourth-order valence-electron chi connectivity index (χ4n) is 3.31. The van der Waals surface area contributed by atoms with Gasteiger partial charge in [-0.2, -0.15) is 0 Å². The molecule has 1 fully saturated rings. The van der Waals surface area contributed by atoms with E-state index >= 15 is 0 Å². The van der Waals surface area contributed by atoms with E-state index in [0.29, 0.717) is 12.6 Å². The molecule has 1 atom stereocenters. The number of nitrogens with one attached hydrogen (secondary N) is 1. The van der Waals surface area contributed by atoms with Gasteiger partial charge in [-0.3, -0.25) is 4.90 Å². The van der Waals surface area contributed by atoms with E-state index in [1.165, 1.54) is 12.8 Å². The number of nitrogens with zero attached hydrogens (tertiary/aromatic N) is 1. The Hall–Kier alpha value is -1.55. The van der Waals surface area contributed by atoms with Crippen molar-refractivity contribution in [2.45, 2.75) is 44.2 Å². The van der Waals surface area contributed by atoms with Crippen LogP contribution in [0.5, 0.6) is 0 Å². The molecule has 1 aromatic rings. The van der Waals surface area contributed by atoms with Gasteiger partial charge in [-0.05, 0) is 25.3 Å². The van der Waals surface area contributed by atoms with Gasteiger partial charge in [-0.15, -0.1) is 0 Å². The van der Waals surface area contributed by atoms with E-state index in [9.17, 15) is 4.79 Å². The lowest BCUT2D eigenvalue weighted by Gasteiger charge is -2.34. The molecule has 1 heterocycles. The summed E-state index contributed by atoms with van der Waals surface area (Å²) in [5.41, 5.74) is 2.10. The summed E-state index contributed by atoms with van der Waals surface area (Å²) in [6.45, 7) is 0.716. The van der Waals surface area contributed by atoms with E-state index in [-0.39, 0.29) is 12.1 Å². The summed E-state index contributed by atoms with van der Waals surface area (Å²) in [5.74, 6) is 0. The third-order valence-corrected chi connectivity index (χ3v) is 4.40. The third kappa shape index (κ3) is 2.52. The van der Waals surface area contributed by atoms with Crippen molar-refractivity contribution in [2.75, 3.05) is 18.6 Å². The summed E-state index contributed by atoms with van der Waals surface area (Å²) < 4.78 is 5.52. The molecule has 1 aromatic carbocycles. The number of amides is 2. The fourth-order valence-corrected chi connectivity index (χ4v) is 3.31. The van der Waals surface area contributed by atoms with E-state index in [1.807, 2.05) is 23.1 Å². The highest BCUT2D eigenvalue weighted by molar-refractivity contribution is 5.93. The van der Waals surface area contributed by atoms with Gasteiger partial charge in [0.25, 0.3) is 0 Å². The van der Waals surface area contributed by atoms with Crippen LogP contribution in [0.2, 0.25) is 0 Å². The molecule has 3 rings (SSSR count).